The van der Waals surface area contributed by atoms with Gasteiger partial charge in [0.2, 0.25) is 5.89 Å². The lowest BCUT2D eigenvalue weighted by molar-refractivity contribution is 0.0574. The molecule has 0 atom stereocenters. The summed E-state index contributed by atoms with van der Waals surface area (Å²) in [5.41, 5.74) is 0.0201. The second kappa shape index (κ2) is 12.3. The molecule has 1 amide bonds. The van der Waals surface area contributed by atoms with Gasteiger partial charge < -0.3 is 13.9 Å². The van der Waals surface area contributed by atoms with Gasteiger partial charge in [-0.15, -0.1) is 0 Å². The number of alkyl halides is 1. The number of methoxy groups -OCH3 is 1. The van der Waals surface area contributed by atoms with Gasteiger partial charge in [0.25, 0.3) is 0 Å². The van der Waals surface area contributed by atoms with E-state index < -0.39 is 17.7 Å². The van der Waals surface area contributed by atoms with Gasteiger partial charge in [0.1, 0.15) is 17.7 Å². The van der Waals surface area contributed by atoms with Gasteiger partial charge in [0, 0.05) is 23.6 Å². The van der Waals surface area contributed by atoms with E-state index in [-0.39, 0.29) is 11.6 Å². The van der Waals surface area contributed by atoms with E-state index in [4.69, 9.17) is 9.15 Å². The summed E-state index contributed by atoms with van der Waals surface area (Å²) < 4.78 is 15.5. The van der Waals surface area contributed by atoms with Crippen LogP contribution in [0.2, 0.25) is 0 Å². The molecule has 0 aliphatic carbocycles. The van der Waals surface area contributed by atoms with Crippen molar-refractivity contribution >= 4 is 33.8 Å². The number of aromatic nitrogens is 2. The number of oxazole rings is 1. The number of ether oxygens (including phenoxy) is 2. The molecule has 0 saturated carbocycles. The third kappa shape index (κ3) is 7.78. The summed E-state index contributed by atoms with van der Waals surface area (Å²) in [6, 6.07) is 3.35. The van der Waals surface area contributed by atoms with E-state index in [1.165, 1.54) is 18.3 Å². The van der Waals surface area contributed by atoms with Crippen molar-refractivity contribution in [1.29, 1.82) is 0 Å². The Morgan fingerprint density at radius 2 is 1.93 bits per heavy atom. The molecule has 0 spiro atoms. The zero-order valence-corrected chi connectivity index (χ0v) is 20.0. The molecule has 0 bridgehead atoms. The second-order valence-corrected chi connectivity index (χ2v) is 7.75. The Labute approximate surface area is 186 Å². The molecular formula is C21H30BrN3O5. The monoisotopic (exact) mass is 483 g/mol. The third-order valence-electron chi connectivity index (χ3n) is 3.55. The highest BCUT2D eigenvalue weighted by Crippen LogP contribution is 2.24. The van der Waals surface area contributed by atoms with E-state index in [1.807, 2.05) is 34.6 Å². The number of pyridine rings is 1. The van der Waals surface area contributed by atoms with Crippen molar-refractivity contribution in [3.05, 3.63) is 30.3 Å². The lowest BCUT2D eigenvalue weighted by atomic mass is 10.2. The van der Waals surface area contributed by atoms with E-state index in [0.717, 1.165) is 18.2 Å². The lowest BCUT2D eigenvalue weighted by Gasteiger charge is -2.27. The number of esters is 1. The zero-order valence-electron chi connectivity index (χ0n) is 18.4. The van der Waals surface area contributed by atoms with Crippen LogP contribution in [0.3, 0.4) is 0 Å². The van der Waals surface area contributed by atoms with Gasteiger partial charge in [-0.05, 0) is 45.7 Å². The van der Waals surface area contributed by atoms with E-state index in [1.54, 1.807) is 18.3 Å². The third-order valence-corrected chi connectivity index (χ3v) is 4.11. The average Bonchev–Trinajstić information content (AvgIpc) is 3.21. The molecule has 2 heterocycles. The van der Waals surface area contributed by atoms with E-state index in [9.17, 15) is 9.59 Å². The Morgan fingerprint density at radius 3 is 2.53 bits per heavy atom. The van der Waals surface area contributed by atoms with Crippen molar-refractivity contribution in [2.45, 2.75) is 53.1 Å². The zero-order chi connectivity index (χ0) is 22.7. The fourth-order valence-electron chi connectivity index (χ4n) is 2.28. The molecule has 0 unspecified atom stereocenters. The Hall–Kier alpha value is -2.42. The summed E-state index contributed by atoms with van der Waals surface area (Å²) in [6.07, 6.45) is 3.98. The van der Waals surface area contributed by atoms with Crippen LogP contribution in [0.15, 0.2) is 29.0 Å². The normalized spacial score (nSPS) is 10.6. The van der Waals surface area contributed by atoms with Gasteiger partial charge in [-0.1, -0.05) is 29.8 Å². The number of carbonyl (C=O) groups is 2. The van der Waals surface area contributed by atoms with Gasteiger partial charge in [-0.2, -0.15) is 0 Å². The van der Waals surface area contributed by atoms with Gasteiger partial charge >= 0.3 is 12.1 Å². The fourth-order valence-corrected chi connectivity index (χ4v) is 2.68. The Kier molecular flexibility index (Phi) is 10.5. The first-order valence-electron chi connectivity index (χ1n) is 9.82. The summed E-state index contributed by atoms with van der Waals surface area (Å²) in [5, 5.41) is 0.843. The highest BCUT2D eigenvalue weighted by atomic mass is 79.9. The van der Waals surface area contributed by atoms with Crippen molar-refractivity contribution in [3.63, 3.8) is 0 Å². The highest BCUT2D eigenvalue weighted by molar-refractivity contribution is 9.09. The van der Waals surface area contributed by atoms with Gasteiger partial charge in [0.05, 0.1) is 7.11 Å². The number of amides is 1. The number of carbonyl (C=O) groups excluding carboxylic acids is 2. The maximum atomic E-state index is 12.7. The molecule has 0 saturated heterocycles. The molecule has 2 rings (SSSR count). The summed E-state index contributed by atoms with van der Waals surface area (Å²) in [5.74, 6) is 0.0576. The number of unbranched alkanes of at least 4 members (excludes halogenated alkanes) is 1. The predicted molar refractivity (Wildman–Crippen MR) is 119 cm³/mol. The van der Waals surface area contributed by atoms with Crippen LogP contribution < -0.4 is 4.90 Å². The number of hydrogen-bond acceptors (Lipinski definition) is 7. The molecule has 0 aliphatic rings. The van der Waals surface area contributed by atoms with Crippen LogP contribution in [-0.2, 0) is 9.47 Å². The quantitative estimate of drug-likeness (QED) is 0.292. The first kappa shape index (κ1) is 25.6. The van der Waals surface area contributed by atoms with Crippen LogP contribution in [0.5, 0.6) is 0 Å². The maximum Gasteiger partial charge on any atom is 0.416 e. The van der Waals surface area contributed by atoms with Crippen molar-refractivity contribution in [1.82, 2.24) is 9.97 Å². The van der Waals surface area contributed by atoms with Crippen LogP contribution in [-0.4, -0.2) is 46.6 Å². The van der Waals surface area contributed by atoms with Gasteiger partial charge in [0.15, 0.2) is 5.69 Å². The first-order valence-corrected chi connectivity index (χ1v) is 10.9. The summed E-state index contributed by atoms with van der Waals surface area (Å²) in [4.78, 5) is 34.2. The SMILES string of the molecule is CC.COC(=O)c1coc(-c2ccnc(N(CCCCBr)C(=O)OC(C)(C)C)c2)n1. The van der Waals surface area contributed by atoms with Crippen LogP contribution in [0.25, 0.3) is 11.5 Å². The molecule has 0 radical (unpaired) electrons. The lowest BCUT2D eigenvalue weighted by Crippen LogP contribution is -2.38. The molecule has 9 heteroatoms. The smallest absolute Gasteiger partial charge is 0.416 e. The fraction of sp³-hybridized carbons (Fsp3) is 0.524. The molecule has 2 aromatic rings. The number of nitrogens with zero attached hydrogens (tertiary/aromatic N) is 3. The van der Waals surface area contributed by atoms with Crippen LogP contribution in [0.1, 0.15) is 57.9 Å². The number of halogens is 1. The molecule has 30 heavy (non-hydrogen) atoms. The Balaban J connectivity index is 0.00000218. The highest BCUT2D eigenvalue weighted by Gasteiger charge is 2.24. The summed E-state index contributed by atoms with van der Waals surface area (Å²) >= 11 is 3.39. The molecule has 0 N–H and O–H groups in total. The minimum absolute atomic E-state index is 0.0668. The number of rotatable bonds is 7. The Bertz CT molecular complexity index is 817. The van der Waals surface area contributed by atoms with Crippen molar-refractivity contribution in [2.24, 2.45) is 0 Å². The number of hydrogen-bond donors (Lipinski definition) is 0. The maximum absolute atomic E-state index is 12.7. The van der Waals surface area contributed by atoms with Crippen molar-refractivity contribution < 1.29 is 23.5 Å². The van der Waals surface area contributed by atoms with Crippen LogP contribution in [0, 0.1) is 0 Å². The van der Waals surface area contributed by atoms with E-state index >= 15 is 0 Å². The van der Waals surface area contributed by atoms with Crippen LogP contribution >= 0.6 is 15.9 Å². The second-order valence-electron chi connectivity index (χ2n) is 6.96. The number of anilines is 1. The standard InChI is InChI=1S/C19H24BrN3O5.C2H6/c1-19(2,3)28-18(25)23(10-6-5-8-20)15-11-13(7-9-21-15)16-22-14(12-27-16)17(24)26-4;1-2/h7,9,11-12H,5-6,8,10H2,1-4H3;1-2H3. The predicted octanol–water partition coefficient (Wildman–Crippen LogP) is 5.47. The molecule has 2 aromatic heterocycles. The van der Waals surface area contributed by atoms with Crippen LogP contribution in [0.4, 0.5) is 10.6 Å². The largest absolute Gasteiger partial charge is 0.464 e. The molecule has 166 valence electrons. The first-order chi connectivity index (χ1) is 14.2. The Morgan fingerprint density at radius 1 is 1.23 bits per heavy atom. The molecule has 0 fully saturated rings. The molecule has 0 aromatic carbocycles. The van der Waals surface area contributed by atoms with Crippen molar-refractivity contribution in [3.8, 4) is 11.5 Å². The molecule has 0 aliphatic heterocycles. The summed E-state index contributed by atoms with van der Waals surface area (Å²) in [6.45, 7) is 9.89. The summed E-state index contributed by atoms with van der Waals surface area (Å²) in [7, 11) is 1.27. The van der Waals surface area contributed by atoms with E-state index in [2.05, 4.69) is 30.6 Å². The van der Waals surface area contributed by atoms with Gasteiger partial charge in [-0.25, -0.2) is 19.6 Å². The minimum Gasteiger partial charge on any atom is -0.464 e. The molecule has 8 nitrogen and oxygen atoms in total. The van der Waals surface area contributed by atoms with E-state index in [0.29, 0.717) is 17.9 Å². The average molecular weight is 484 g/mol. The topological polar surface area (TPSA) is 94.8 Å². The van der Waals surface area contributed by atoms with Crippen molar-refractivity contribution in [2.75, 3.05) is 23.9 Å². The molecular weight excluding hydrogens is 454 g/mol. The minimum atomic E-state index is -0.625. The van der Waals surface area contributed by atoms with Gasteiger partial charge in [-0.3, -0.25) is 4.90 Å².